The van der Waals surface area contributed by atoms with Gasteiger partial charge in [-0.25, -0.2) is 23.5 Å². The molecule has 0 bridgehead atoms. The van der Waals surface area contributed by atoms with Crippen LogP contribution in [-0.4, -0.2) is 38.7 Å². The van der Waals surface area contributed by atoms with E-state index in [1.807, 2.05) is 25.1 Å². The van der Waals surface area contributed by atoms with Crippen LogP contribution in [0.15, 0.2) is 35.5 Å². The molecule has 0 saturated carbocycles. The summed E-state index contributed by atoms with van der Waals surface area (Å²) in [7, 11) is -2.18. The largest absolute Gasteiger partial charge is 0.491 e. The highest BCUT2D eigenvalue weighted by atomic mass is 32.2. The molecular weight excluding hydrogens is 320 g/mol. The van der Waals surface area contributed by atoms with Crippen molar-refractivity contribution in [3.63, 3.8) is 0 Å². The van der Waals surface area contributed by atoms with Crippen LogP contribution in [0.4, 0.5) is 11.6 Å². The Morgan fingerprint density at radius 3 is 2.48 bits per heavy atom. The maximum absolute atomic E-state index is 11.2. The monoisotopic (exact) mass is 338 g/mol. The van der Waals surface area contributed by atoms with Gasteiger partial charge in [0.05, 0.1) is 19.0 Å². The van der Waals surface area contributed by atoms with Crippen LogP contribution in [0, 0.1) is 6.92 Å². The van der Waals surface area contributed by atoms with E-state index in [1.165, 1.54) is 0 Å². The van der Waals surface area contributed by atoms with Crippen molar-refractivity contribution in [2.75, 3.05) is 25.6 Å². The number of rotatable bonds is 7. The number of primary sulfonamides is 1. The summed E-state index contributed by atoms with van der Waals surface area (Å²) in [6, 6.07) is 5.51. The van der Waals surface area contributed by atoms with Crippen LogP contribution >= 0.6 is 0 Å². The molecule has 1 aromatic heterocycles. The molecule has 9 heteroatoms. The van der Waals surface area contributed by atoms with Gasteiger partial charge in [-0.1, -0.05) is 0 Å². The maximum Gasteiger partial charge on any atom is 0.241 e. The minimum absolute atomic E-state index is 0.137. The third-order valence-electron chi connectivity index (χ3n) is 2.96. The second-order valence-electron chi connectivity index (χ2n) is 4.73. The van der Waals surface area contributed by atoms with Gasteiger partial charge in [-0.3, -0.25) is 0 Å². The van der Waals surface area contributed by atoms with Crippen molar-refractivity contribution in [1.29, 1.82) is 0 Å². The van der Waals surface area contributed by atoms with Gasteiger partial charge >= 0.3 is 0 Å². The van der Waals surface area contributed by atoms with Crippen LogP contribution in [0.25, 0.3) is 0 Å². The molecule has 0 radical (unpaired) electrons. The smallest absolute Gasteiger partial charge is 0.241 e. The van der Waals surface area contributed by atoms with Crippen molar-refractivity contribution >= 4 is 21.7 Å². The average molecular weight is 338 g/mol. The second-order valence-corrected chi connectivity index (χ2v) is 6.29. The molecule has 23 heavy (non-hydrogen) atoms. The van der Waals surface area contributed by atoms with Gasteiger partial charge in [0.25, 0.3) is 0 Å². The van der Waals surface area contributed by atoms with Crippen LogP contribution in [-0.2, 0) is 14.8 Å². The average Bonchev–Trinajstić information content (AvgIpc) is 2.50. The van der Waals surface area contributed by atoms with Gasteiger partial charge in [-0.05, 0) is 30.7 Å². The molecule has 1 heterocycles. The van der Waals surface area contributed by atoms with Gasteiger partial charge < -0.3 is 14.8 Å². The first kappa shape index (κ1) is 17.1. The topological polar surface area (TPSA) is 116 Å². The molecule has 3 N–H and O–H groups in total. The molecule has 0 aliphatic rings. The number of anilines is 2. The number of methoxy groups -OCH3 is 1. The molecule has 0 saturated heterocycles. The first-order valence-electron chi connectivity index (χ1n) is 6.74. The number of aryl methyl sites for hydroxylation is 1. The zero-order valence-corrected chi connectivity index (χ0v) is 13.6. The Balaban J connectivity index is 2.08. The quantitative estimate of drug-likeness (QED) is 0.729. The van der Waals surface area contributed by atoms with Crippen molar-refractivity contribution in [1.82, 2.24) is 9.97 Å². The van der Waals surface area contributed by atoms with Crippen molar-refractivity contribution in [2.24, 2.45) is 5.14 Å². The lowest BCUT2D eigenvalue weighted by Gasteiger charge is -2.11. The summed E-state index contributed by atoms with van der Waals surface area (Å²) in [5.41, 5.74) is 1.71. The fourth-order valence-electron chi connectivity index (χ4n) is 1.76. The van der Waals surface area contributed by atoms with Crippen molar-refractivity contribution in [2.45, 2.75) is 11.8 Å². The summed E-state index contributed by atoms with van der Waals surface area (Å²) >= 11 is 0. The number of aromatic nitrogens is 2. The van der Waals surface area contributed by atoms with E-state index < -0.39 is 10.0 Å². The summed E-state index contributed by atoms with van der Waals surface area (Å²) in [5, 5.41) is 8.01. The first-order chi connectivity index (χ1) is 10.9. The highest BCUT2D eigenvalue weighted by Crippen LogP contribution is 2.23. The fourth-order valence-corrected chi connectivity index (χ4v) is 2.16. The van der Waals surface area contributed by atoms with E-state index in [4.69, 9.17) is 14.6 Å². The van der Waals surface area contributed by atoms with E-state index >= 15 is 0 Å². The van der Waals surface area contributed by atoms with E-state index in [0.717, 1.165) is 29.4 Å². The minimum Gasteiger partial charge on any atom is -0.491 e. The van der Waals surface area contributed by atoms with Crippen molar-refractivity contribution < 1.29 is 17.9 Å². The maximum atomic E-state index is 11.2. The predicted molar refractivity (Wildman–Crippen MR) is 85.2 cm³/mol. The van der Waals surface area contributed by atoms with Crippen LogP contribution in [0.3, 0.4) is 0 Å². The Kier molecular flexibility index (Phi) is 5.48. The summed E-state index contributed by atoms with van der Waals surface area (Å²) in [5.74, 6) is 1.00. The van der Waals surface area contributed by atoms with Crippen LogP contribution < -0.4 is 15.2 Å². The number of nitrogens with zero attached hydrogens (tertiary/aromatic N) is 2. The molecule has 0 aliphatic heterocycles. The van der Waals surface area contributed by atoms with Crippen LogP contribution in [0.5, 0.6) is 5.75 Å². The molecule has 0 spiro atoms. The van der Waals surface area contributed by atoms with E-state index in [-0.39, 0.29) is 10.8 Å². The standard InChI is InChI=1S/C14H18N4O4S/c1-10-7-11(22-6-5-21-2)3-4-13(10)18-14-16-8-12(9-17-14)23(15,19)20/h3-4,7-9H,5-6H2,1-2H3,(H2,15,19,20)(H,16,17,18). The van der Waals surface area contributed by atoms with Crippen molar-refractivity contribution in [3.05, 3.63) is 36.2 Å². The number of ether oxygens (including phenoxy) is 2. The van der Waals surface area contributed by atoms with Crippen LogP contribution in [0.1, 0.15) is 5.56 Å². The summed E-state index contributed by atoms with van der Waals surface area (Å²) in [6.45, 7) is 2.90. The predicted octanol–water partition coefficient (Wildman–Crippen LogP) is 1.20. The van der Waals surface area contributed by atoms with Crippen LogP contribution in [0.2, 0.25) is 0 Å². The van der Waals surface area contributed by atoms with Gasteiger partial charge in [0.1, 0.15) is 17.3 Å². The number of benzene rings is 1. The molecule has 0 amide bonds. The normalized spacial score (nSPS) is 11.3. The fraction of sp³-hybridized carbons (Fsp3) is 0.286. The first-order valence-corrected chi connectivity index (χ1v) is 8.29. The van der Waals surface area contributed by atoms with Gasteiger partial charge in [0, 0.05) is 12.8 Å². The zero-order chi connectivity index (χ0) is 16.9. The molecular formula is C14H18N4O4S. The summed E-state index contributed by atoms with van der Waals surface area (Å²) < 4.78 is 32.8. The molecule has 0 aliphatic carbocycles. The van der Waals surface area contributed by atoms with Crippen molar-refractivity contribution in [3.8, 4) is 5.75 Å². The van der Waals surface area contributed by atoms with Gasteiger partial charge in [0.2, 0.25) is 16.0 Å². The molecule has 2 rings (SSSR count). The third kappa shape index (κ3) is 4.88. The number of hydrogen-bond donors (Lipinski definition) is 2. The highest BCUT2D eigenvalue weighted by Gasteiger charge is 2.09. The van der Waals surface area contributed by atoms with E-state index in [9.17, 15) is 8.42 Å². The summed E-state index contributed by atoms with van der Waals surface area (Å²) in [4.78, 5) is 7.73. The molecule has 2 aromatic rings. The number of nitrogens with two attached hydrogens (primary N) is 1. The lowest BCUT2D eigenvalue weighted by molar-refractivity contribution is 0.146. The Hall–Kier alpha value is -2.23. The SMILES string of the molecule is COCCOc1ccc(Nc2ncc(S(N)(=O)=O)cn2)c(C)c1. The number of hydrogen-bond acceptors (Lipinski definition) is 7. The third-order valence-corrected chi connectivity index (χ3v) is 3.83. The Bertz CT molecular complexity index is 763. The van der Waals surface area contributed by atoms with E-state index in [2.05, 4.69) is 15.3 Å². The number of sulfonamides is 1. The Morgan fingerprint density at radius 2 is 1.91 bits per heavy atom. The molecule has 0 fully saturated rings. The Labute approximate surface area is 134 Å². The van der Waals surface area contributed by atoms with Gasteiger partial charge in [-0.15, -0.1) is 0 Å². The highest BCUT2D eigenvalue weighted by molar-refractivity contribution is 7.89. The minimum atomic E-state index is -3.80. The lowest BCUT2D eigenvalue weighted by atomic mass is 10.2. The molecule has 8 nitrogen and oxygen atoms in total. The lowest BCUT2D eigenvalue weighted by Crippen LogP contribution is -2.13. The molecule has 0 atom stereocenters. The second kappa shape index (κ2) is 7.36. The molecule has 0 unspecified atom stereocenters. The summed E-state index contributed by atoms with van der Waals surface area (Å²) in [6.07, 6.45) is 2.31. The number of nitrogens with one attached hydrogen (secondary N) is 1. The zero-order valence-electron chi connectivity index (χ0n) is 12.8. The van der Waals surface area contributed by atoms with Gasteiger partial charge in [-0.2, -0.15) is 0 Å². The molecule has 124 valence electrons. The van der Waals surface area contributed by atoms with E-state index in [1.54, 1.807) is 7.11 Å². The van der Waals surface area contributed by atoms with Gasteiger partial charge in [0.15, 0.2) is 0 Å². The Morgan fingerprint density at radius 1 is 1.22 bits per heavy atom. The molecule has 1 aromatic carbocycles. The van der Waals surface area contributed by atoms with E-state index in [0.29, 0.717) is 13.2 Å².